The number of nitrogens with one attached hydrogen (secondary N) is 1. The Bertz CT molecular complexity index is 272. The highest BCUT2D eigenvalue weighted by atomic mass is 16.2. The molecule has 0 aromatic carbocycles. The summed E-state index contributed by atoms with van der Waals surface area (Å²) >= 11 is 0. The molecule has 0 unspecified atom stereocenters. The fourth-order valence-electron chi connectivity index (χ4n) is 2.27. The summed E-state index contributed by atoms with van der Waals surface area (Å²) in [6.45, 7) is 8.52. The number of amides is 1. The van der Waals surface area contributed by atoms with Crippen molar-refractivity contribution in [3.05, 3.63) is 0 Å². The lowest BCUT2D eigenvalue weighted by Gasteiger charge is -2.05. The first-order valence-electron chi connectivity index (χ1n) is 8.38. The third-order valence-corrected chi connectivity index (χ3v) is 3.33. The number of nitrogens with zero attached hydrogens (tertiary/aromatic N) is 1. The molecule has 0 fully saturated rings. The molecular weight excluding hydrogens is 248 g/mol. The first kappa shape index (κ1) is 19.1. The largest absolute Gasteiger partial charge is 0.273 e. The average Bonchev–Trinajstić information content (AvgIpc) is 2.38. The molecule has 0 bridgehead atoms. The van der Waals surface area contributed by atoms with E-state index in [1.807, 2.05) is 6.92 Å². The third-order valence-electron chi connectivity index (χ3n) is 3.33. The summed E-state index contributed by atoms with van der Waals surface area (Å²) in [7, 11) is 0. The smallest absolute Gasteiger partial charge is 0.240 e. The molecule has 0 rings (SSSR count). The van der Waals surface area contributed by atoms with E-state index in [-0.39, 0.29) is 5.91 Å². The van der Waals surface area contributed by atoms with Gasteiger partial charge in [0.2, 0.25) is 5.91 Å². The second kappa shape index (κ2) is 13.1. The highest BCUT2D eigenvalue weighted by Crippen LogP contribution is 2.09. The van der Waals surface area contributed by atoms with E-state index in [4.69, 9.17) is 0 Å². The molecule has 0 spiro atoms. The van der Waals surface area contributed by atoms with Crippen molar-refractivity contribution < 1.29 is 4.79 Å². The van der Waals surface area contributed by atoms with E-state index >= 15 is 0 Å². The number of hydrogen-bond acceptors (Lipinski definition) is 2. The van der Waals surface area contributed by atoms with Crippen LogP contribution in [-0.2, 0) is 4.79 Å². The van der Waals surface area contributed by atoms with Gasteiger partial charge in [0.25, 0.3) is 0 Å². The number of rotatable bonds is 12. The van der Waals surface area contributed by atoms with Crippen molar-refractivity contribution in [3.8, 4) is 0 Å². The van der Waals surface area contributed by atoms with Gasteiger partial charge in [0.1, 0.15) is 0 Å². The minimum atomic E-state index is 0.0547. The Morgan fingerprint density at radius 2 is 1.55 bits per heavy atom. The van der Waals surface area contributed by atoms with E-state index in [1.165, 1.54) is 38.5 Å². The quantitative estimate of drug-likeness (QED) is 0.303. The summed E-state index contributed by atoms with van der Waals surface area (Å²) < 4.78 is 0. The van der Waals surface area contributed by atoms with E-state index in [1.54, 1.807) is 0 Å². The molecule has 0 saturated heterocycles. The van der Waals surface area contributed by atoms with Gasteiger partial charge in [-0.2, -0.15) is 5.10 Å². The Balaban J connectivity index is 3.45. The molecule has 0 atom stereocenters. The van der Waals surface area contributed by atoms with Crippen LogP contribution < -0.4 is 5.43 Å². The molecular formula is C17H34N2O. The van der Waals surface area contributed by atoms with Gasteiger partial charge < -0.3 is 0 Å². The van der Waals surface area contributed by atoms with Crippen LogP contribution in [-0.4, -0.2) is 11.6 Å². The maximum atomic E-state index is 11.6. The van der Waals surface area contributed by atoms with Crippen LogP contribution in [0.4, 0.5) is 0 Å². The zero-order valence-corrected chi connectivity index (χ0v) is 14.0. The molecule has 0 heterocycles. The predicted molar refractivity (Wildman–Crippen MR) is 87.9 cm³/mol. The monoisotopic (exact) mass is 282 g/mol. The lowest BCUT2D eigenvalue weighted by molar-refractivity contribution is -0.121. The fourth-order valence-corrected chi connectivity index (χ4v) is 2.27. The van der Waals surface area contributed by atoms with Crippen molar-refractivity contribution in [2.45, 2.75) is 91.9 Å². The van der Waals surface area contributed by atoms with Crippen molar-refractivity contribution in [1.82, 2.24) is 5.43 Å². The predicted octanol–water partition coefficient (Wildman–Crippen LogP) is 5.06. The molecule has 3 nitrogen and oxygen atoms in total. The molecule has 0 aliphatic rings. The zero-order chi connectivity index (χ0) is 15.2. The summed E-state index contributed by atoms with van der Waals surface area (Å²) in [4.78, 5) is 11.6. The van der Waals surface area contributed by atoms with Crippen LogP contribution >= 0.6 is 0 Å². The van der Waals surface area contributed by atoms with E-state index < -0.39 is 0 Å². The SMILES string of the molecule is CCCCCCCCCCC(=O)NN=C(C)CC(C)C. The Morgan fingerprint density at radius 3 is 2.10 bits per heavy atom. The van der Waals surface area contributed by atoms with E-state index in [0.29, 0.717) is 12.3 Å². The van der Waals surface area contributed by atoms with Crippen LogP contribution in [0.3, 0.4) is 0 Å². The Morgan fingerprint density at radius 1 is 1.00 bits per heavy atom. The fraction of sp³-hybridized carbons (Fsp3) is 0.882. The molecule has 1 amide bonds. The Hall–Kier alpha value is -0.860. The molecule has 0 aliphatic heterocycles. The summed E-state index contributed by atoms with van der Waals surface area (Å²) in [6.07, 6.45) is 11.6. The molecule has 0 saturated carbocycles. The van der Waals surface area contributed by atoms with Crippen LogP contribution in [0.25, 0.3) is 0 Å². The van der Waals surface area contributed by atoms with Gasteiger partial charge in [-0.15, -0.1) is 0 Å². The number of carbonyl (C=O) groups is 1. The molecule has 1 N–H and O–H groups in total. The van der Waals surface area contributed by atoms with Gasteiger partial charge in [-0.1, -0.05) is 65.7 Å². The Labute approximate surface area is 125 Å². The molecule has 3 heteroatoms. The summed E-state index contributed by atoms with van der Waals surface area (Å²) in [5.41, 5.74) is 3.66. The molecule has 20 heavy (non-hydrogen) atoms. The van der Waals surface area contributed by atoms with Gasteiger partial charge in [0.05, 0.1) is 0 Å². The van der Waals surface area contributed by atoms with E-state index in [2.05, 4.69) is 31.3 Å². The van der Waals surface area contributed by atoms with Crippen molar-refractivity contribution >= 4 is 11.6 Å². The van der Waals surface area contributed by atoms with Gasteiger partial charge in [0, 0.05) is 12.1 Å². The van der Waals surface area contributed by atoms with Gasteiger partial charge in [-0.3, -0.25) is 4.79 Å². The van der Waals surface area contributed by atoms with Gasteiger partial charge >= 0.3 is 0 Å². The molecule has 118 valence electrons. The maximum Gasteiger partial charge on any atom is 0.240 e. The number of hydrogen-bond donors (Lipinski definition) is 1. The van der Waals surface area contributed by atoms with Crippen LogP contribution in [0, 0.1) is 5.92 Å². The first-order chi connectivity index (χ1) is 9.56. The van der Waals surface area contributed by atoms with Gasteiger partial charge in [-0.25, -0.2) is 5.43 Å². The number of unbranched alkanes of at least 4 members (excludes halogenated alkanes) is 7. The van der Waals surface area contributed by atoms with Crippen molar-refractivity contribution in [2.75, 3.05) is 0 Å². The van der Waals surface area contributed by atoms with E-state index in [0.717, 1.165) is 25.0 Å². The van der Waals surface area contributed by atoms with Crippen molar-refractivity contribution in [2.24, 2.45) is 11.0 Å². The number of carbonyl (C=O) groups excluding carboxylic acids is 1. The summed E-state index contributed by atoms with van der Waals surface area (Å²) in [5.74, 6) is 0.641. The highest BCUT2D eigenvalue weighted by Gasteiger charge is 2.01. The van der Waals surface area contributed by atoms with Crippen LogP contribution in [0.2, 0.25) is 0 Å². The minimum Gasteiger partial charge on any atom is -0.273 e. The Kier molecular flexibility index (Phi) is 12.6. The summed E-state index contributed by atoms with van der Waals surface area (Å²) in [6, 6.07) is 0. The molecule has 0 aromatic rings. The third kappa shape index (κ3) is 13.6. The highest BCUT2D eigenvalue weighted by molar-refractivity contribution is 5.84. The zero-order valence-electron chi connectivity index (χ0n) is 14.0. The van der Waals surface area contributed by atoms with Crippen LogP contribution in [0.15, 0.2) is 5.10 Å². The minimum absolute atomic E-state index is 0.0547. The van der Waals surface area contributed by atoms with Gasteiger partial charge in [-0.05, 0) is 25.7 Å². The molecule has 0 radical (unpaired) electrons. The maximum absolute atomic E-state index is 11.6. The van der Waals surface area contributed by atoms with Crippen molar-refractivity contribution in [1.29, 1.82) is 0 Å². The van der Waals surface area contributed by atoms with E-state index in [9.17, 15) is 4.79 Å². The lowest BCUT2D eigenvalue weighted by Crippen LogP contribution is -2.18. The van der Waals surface area contributed by atoms with Crippen molar-refractivity contribution in [3.63, 3.8) is 0 Å². The molecule has 0 aliphatic carbocycles. The van der Waals surface area contributed by atoms with Crippen LogP contribution in [0.1, 0.15) is 91.9 Å². The first-order valence-corrected chi connectivity index (χ1v) is 8.38. The molecule has 0 aromatic heterocycles. The lowest BCUT2D eigenvalue weighted by atomic mass is 10.1. The standard InChI is InChI=1S/C17H34N2O/c1-5-6-7-8-9-10-11-12-13-17(20)19-18-16(4)14-15(2)3/h15H,5-14H2,1-4H3,(H,19,20). The average molecular weight is 282 g/mol. The van der Waals surface area contributed by atoms with Crippen LogP contribution in [0.5, 0.6) is 0 Å². The number of hydrazone groups is 1. The normalized spacial score (nSPS) is 11.9. The second-order valence-electron chi connectivity index (χ2n) is 6.20. The second-order valence-corrected chi connectivity index (χ2v) is 6.20. The topological polar surface area (TPSA) is 41.5 Å². The summed E-state index contributed by atoms with van der Waals surface area (Å²) in [5, 5.41) is 4.13. The van der Waals surface area contributed by atoms with Gasteiger partial charge in [0.15, 0.2) is 0 Å².